The van der Waals surface area contributed by atoms with E-state index in [9.17, 15) is 9.90 Å². The Labute approximate surface area is 106 Å². The largest absolute Gasteiger partial charge is 0.394 e. The molecule has 0 aliphatic carbocycles. The third-order valence-electron chi connectivity index (χ3n) is 2.37. The van der Waals surface area contributed by atoms with Crippen LogP contribution in [0.2, 0.25) is 0 Å². The van der Waals surface area contributed by atoms with Gasteiger partial charge in [0.15, 0.2) is 0 Å². The van der Waals surface area contributed by atoms with E-state index in [1.807, 2.05) is 13.8 Å². The Morgan fingerprint density at radius 2 is 2.29 bits per heavy atom. The second kappa shape index (κ2) is 6.51. The number of aromatic amines is 1. The molecule has 0 saturated heterocycles. The lowest BCUT2D eigenvalue weighted by molar-refractivity contribution is 0.0907. The molecule has 1 aromatic rings. The summed E-state index contributed by atoms with van der Waals surface area (Å²) in [6.07, 6.45) is 2.42. The van der Waals surface area contributed by atoms with Gasteiger partial charge in [0.2, 0.25) is 0 Å². The molecule has 0 saturated carbocycles. The summed E-state index contributed by atoms with van der Waals surface area (Å²) in [4.78, 5) is 14.7. The average Bonchev–Trinajstić information content (AvgIpc) is 2.27. The number of rotatable bonds is 5. The first-order chi connectivity index (χ1) is 8.04. The minimum atomic E-state index is -0.244. The van der Waals surface area contributed by atoms with E-state index in [0.717, 1.165) is 6.42 Å². The van der Waals surface area contributed by atoms with Gasteiger partial charge in [-0.2, -0.15) is 0 Å². The highest BCUT2D eigenvalue weighted by Gasteiger charge is 2.15. The third-order valence-corrected chi connectivity index (χ3v) is 2.71. The quantitative estimate of drug-likeness (QED) is 0.703. The van der Waals surface area contributed by atoms with Crippen LogP contribution in [0, 0.1) is 10.6 Å². The predicted octanol–water partition coefficient (Wildman–Crippen LogP) is 1.88. The van der Waals surface area contributed by atoms with Gasteiger partial charge in [0.05, 0.1) is 18.2 Å². The first-order valence-corrected chi connectivity index (χ1v) is 6.04. The Kier molecular flexibility index (Phi) is 5.31. The maximum atomic E-state index is 11.9. The van der Waals surface area contributed by atoms with Gasteiger partial charge in [0, 0.05) is 6.20 Å². The summed E-state index contributed by atoms with van der Waals surface area (Å²) in [5, 5.41) is 12.0. The minimum absolute atomic E-state index is 0.0623. The van der Waals surface area contributed by atoms with Crippen molar-refractivity contribution >= 4 is 18.1 Å². The summed E-state index contributed by atoms with van der Waals surface area (Å²) < 4.78 is 0.409. The van der Waals surface area contributed by atoms with Gasteiger partial charge in [-0.05, 0) is 24.5 Å². The normalized spacial score (nSPS) is 12.5. The molecule has 5 heteroatoms. The molecule has 94 valence electrons. The number of aromatic nitrogens is 1. The van der Waals surface area contributed by atoms with E-state index < -0.39 is 0 Å². The Morgan fingerprint density at radius 1 is 1.59 bits per heavy atom. The summed E-state index contributed by atoms with van der Waals surface area (Å²) in [6.45, 7) is 4.03. The first-order valence-electron chi connectivity index (χ1n) is 5.64. The van der Waals surface area contributed by atoms with Crippen LogP contribution in [0.3, 0.4) is 0 Å². The molecule has 0 aliphatic heterocycles. The monoisotopic (exact) mass is 254 g/mol. The molecule has 1 rings (SSSR count). The molecule has 3 N–H and O–H groups in total. The molecular weight excluding hydrogens is 236 g/mol. The number of aliphatic hydroxyl groups excluding tert-OH is 1. The fourth-order valence-corrected chi connectivity index (χ4v) is 1.84. The Bertz CT molecular complexity index is 429. The van der Waals surface area contributed by atoms with Gasteiger partial charge in [-0.3, -0.25) is 4.79 Å². The molecule has 0 spiro atoms. The van der Waals surface area contributed by atoms with Crippen LogP contribution < -0.4 is 5.32 Å². The SMILES string of the molecule is CC(C)C[C@H](CO)NC(=O)c1ccc[nH]c1=S. The zero-order valence-corrected chi connectivity index (χ0v) is 10.9. The van der Waals surface area contributed by atoms with E-state index in [-0.39, 0.29) is 18.6 Å². The van der Waals surface area contributed by atoms with Crippen molar-refractivity contribution in [3.8, 4) is 0 Å². The number of nitrogens with one attached hydrogen (secondary N) is 2. The van der Waals surface area contributed by atoms with Gasteiger partial charge in [0.25, 0.3) is 5.91 Å². The van der Waals surface area contributed by atoms with Crippen LogP contribution in [0.5, 0.6) is 0 Å². The second-order valence-electron chi connectivity index (χ2n) is 4.40. The molecule has 0 bridgehead atoms. The Hall–Kier alpha value is -1.20. The number of hydrogen-bond donors (Lipinski definition) is 3. The molecule has 1 aromatic heterocycles. The van der Waals surface area contributed by atoms with Crippen molar-refractivity contribution < 1.29 is 9.90 Å². The molecule has 17 heavy (non-hydrogen) atoms. The molecule has 0 aliphatic rings. The maximum Gasteiger partial charge on any atom is 0.254 e. The second-order valence-corrected chi connectivity index (χ2v) is 4.80. The lowest BCUT2D eigenvalue weighted by Crippen LogP contribution is -2.38. The van der Waals surface area contributed by atoms with Crippen molar-refractivity contribution in [3.63, 3.8) is 0 Å². The number of aliphatic hydroxyl groups is 1. The molecule has 0 fully saturated rings. The molecule has 1 heterocycles. The van der Waals surface area contributed by atoms with Crippen LogP contribution in [0.1, 0.15) is 30.6 Å². The van der Waals surface area contributed by atoms with Gasteiger partial charge < -0.3 is 15.4 Å². The highest BCUT2D eigenvalue weighted by molar-refractivity contribution is 7.71. The Balaban J connectivity index is 2.71. The van der Waals surface area contributed by atoms with E-state index in [0.29, 0.717) is 16.1 Å². The van der Waals surface area contributed by atoms with Gasteiger partial charge in [-0.1, -0.05) is 26.1 Å². The lowest BCUT2D eigenvalue weighted by Gasteiger charge is -2.18. The first kappa shape index (κ1) is 13.9. The smallest absolute Gasteiger partial charge is 0.254 e. The zero-order chi connectivity index (χ0) is 12.8. The van der Waals surface area contributed by atoms with E-state index >= 15 is 0 Å². The van der Waals surface area contributed by atoms with Crippen LogP contribution >= 0.6 is 12.2 Å². The van der Waals surface area contributed by atoms with E-state index in [4.69, 9.17) is 12.2 Å². The van der Waals surface area contributed by atoms with Crippen LogP contribution in [0.15, 0.2) is 18.3 Å². The molecule has 1 atom stereocenters. The lowest BCUT2D eigenvalue weighted by atomic mass is 10.0. The third kappa shape index (κ3) is 4.28. The Morgan fingerprint density at radius 3 is 2.82 bits per heavy atom. The summed E-state index contributed by atoms with van der Waals surface area (Å²) in [6, 6.07) is 3.16. The van der Waals surface area contributed by atoms with E-state index in [1.165, 1.54) is 0 Å². The van der Waals surface area contributed by atoms with Gasteiger partial charge in [0.1, 0.15) is 4.64 Å². The van der Waals surface area contributed by atoms with Crippen molar-refractivity contribution in [2.45, 2.75) is 26.3 Å². The minimum Gasteiger partial charge on any atom is -0.394 e. The summed E-state index contributed by atoms with van der Waals surface area (Å²) in [5.41, 5.74) is 0.435. The van der Waals surface area contributed by atoms with Crippen molar-refractivity contribution in [2.24, 2.45) is 5.92 Å². The number of pyridine rings is 1. The average molecular weight is 254 g/mol. The summed E-state index contributed by atoms with van der Waals surface area (Å²) >= 11 is 5.03. The molecule has 4 nitrogen and oxygen atoms in total. The molecule has 0 aromatic carbocycles. The number of hydrogen-bond acceptors (Lipinski definition) is 3. The standard InChI is InChI=1S/C12H18N2O2S/c1-8(2)6-9(7-15)14-11(16)10-4-3-5-13-12(10)17/h3-5,8-9,15H,6-7H2,1-2H3,(H,13,17)(H,14,16)/t9-/m1/s1. The van der Waals surface area contributed by atoms with Gasteiger partial charge in [-0.25, -0.2) is 0 Å². The number of carbonyl (C=O) groups is 1. The van der Waals surface area contributed by atoms with Crippen molar-refractivity contribution in [1.29, 1.82) is 0 Å². The predicted molar refractivity (Wildman–Crippen MR) is 69.4 cm³/mol. The number of H-pyrrole nitrogens is 1. The van der Waals surface area contributed by atoms with Gasteiger partial charge in [-0.15, -0.1) is 0 Å². The van der Waals surface area contributed by atoms with Crippen molar-refractivity contribution in [1.82, 2.24) is 10.3 Å². The van der Waals surface area contributed by atoms with Gasteiger partial charge >= 0.3 is 0 Å². The molecule has 1 amide bonds. The fraction of sp³-hybridized carbons (Fsp3) is 0.500. The van der Waals surface area contributed by atoms with Crippen LogP contribution in [0.25, 0.3) is 0 Å². The zero-order valence-electron chi connectivity index (χ0n) is 10.1. The molecule has 0 radical (unpaired) electrons. The molecular formula is C12H18N2O2S. The van der Waals surface area contributed by atoms with E-state index in [1.54, 1.807) is 18.3 Å². The fourth-order valence-electron chi connectivity index (χ4n) is 1.61. The van der Waals surface area contributed by atoms with Crippen molar-refractivity contribution in [3.05, 3.63) is 28.5 Å². The number of amides is 1. The number of carbonyl (C=O) groups excluding carboxylic acids is 1. The highest BCUT2D eigenvalue weighted by atomic mass is 32.1. The summed E-state index contributed by atoms with van der Waals surface area (Å²) in [7, 11) is 0. The van der Waals surface area contributed by atoms with Crippen LogP contribution in [-0.2, 0) is 0 Å². The maximum absolute atomic E-state index is 11.9. The van der Waals surface area contributed by atoms with Crippen LogP contribution in [0.4, 0.5) is 0 Å². The topological polar surface area (TPSA) is 65.1 Å². The van der Waals surface area contributed by atoms with E-state index in [2.05, 4.69) is 10.3 Å². The molecule has 0 unspecified atom stereocenters. The summed E-state index contributed by atoms with van der Waals surface area (Å²) in [5.74, 6) is 0.171. The van der Waals surface area contributed by atoms with Crippen molar-refractivity contribution in [2.75, 3.05) is 6.61 Å². The highest BCUT2D eigenvalue weighted by Crippen LogP contribution is 2.06. The van der Waals surface area contributed by atoms with Crippen LogP contribution in [-0.4, -0.2) is 28.6 Å².